The summed E-state index contributed by atoms with van der Waals surface area (Å²) in [5.74, 6) is 5.59. The minimum absolute atomic E-state index is 0.374. The molecular formula is C12H20N2OS. The van der Waals surface area contributed by atoms with E-state index in [1.54, 1.807) is 11.3 Å². The van der Waals surface area contributed by atoms with Crippen molar-refractivity contribution in [1.82, 2.24) is 5.43 Å². The first-order valence-electron chi connectivity index (χ1n) is 5.97. The SMILES string of the molecule is NNC(CCC1CCCO1)Cc1ccsc1. The van der Waals surface area contributed by atoms with E-state index in [4.69, 9.17) is 10.6 Å². The monoisotopic (exact) mass is 240 g/mol. The number of rotatable bonds is 6. The standard InChI is InChI=1S/C12H20N2OS/c13-14-11(8-10-5-7-16-9-10)3-4-12-2-1-6-15-12/h5,7,9,11-12,14H,1-4,6,8,13H2. The van der Waals surface area contributed by atoms with E-state index in [0.717, 1.165) is 25.9 Å². The molecule has 1 aliphatic rings. The summed E-state index contributed by atoms with van der Waals surface area (Å²) in [5, 5.41) is 4.30. The molecule has 0 amide bonds. The fourth-order valence-electron chi connectivity index (χ4n) is 2.20. The average molecular weight is 240 g/mol. The van der Waals surface area contributed by atoms with E-state index in [1.807, 2.05) is 0 Å². The van der Waals surface area contributed by atoms with Gasteiger partial charge in [0, 0.05) is 12.6 Å². The normalized spacial score (nSPS) is 22.4. The van der Waals surface area contributed by atoms with Crippen LogP contribution in [0.4, 0.5) is 0 Å². The van der Waals surface area contributed by atoms with E-state index in [2.05, 4.69) is 22.3 Å². The molecule has 2 rings (SSSR count). The number of thiophene rings is 1. The highest BCUT2D eigenvalue weighted by atomic mass is 32.1. The predicted molar refractivity (Wildman–Crippen MR) is 67.3 cm³/mol. The van der Waals surface area contributed by atoms with Gasteiger partial charge in [0.05, 0.1) is 6.10 Å². The molecule has 1 aromatic heterocycles. The Hall–Kier alpha value is -0.420. The highest BCUT2D eigenvalue weighted by Gasteiger charge is 2.17. The molecule has 3 nitrogen and oxygen atoms in total. The van der Waals surface area contributed by atoms with Gasteiger partial charge in [-0.15, -0.1) is 0 Å². The van der Waals surface area contributed by atoms with Gasteiger partial charge in [-0.2, -0.15) is 11.3 Å². The number of hydrogen-bond acceptors (Lipinski definition) is 4. The van der Waals surface area contributed by atoms with Crippen molar-refractivity contribution in [2.75, 3.05) is 6.61 Å². The van der Waals surface area contributed by atoms with Crippen molar-refractivity contribution >= 4 is 11.3 Å². The molecule has 16 heavy (non-hydrogen) atoms. The zero-order chi connectivity index (χ0) is 11.2. The van der Waals surface area contributed by atoms with Gasteiger partial charge in [0.15, 0.2) is 0 Å². The fourth-order valence-corrected chi connectivity index (χ4v) is 2.88. The predicted octanol–water partition coefficient (Wildman–Crippen LogP) is 2.08. The molecule has 0 aliphatic carbocycles. The lowest BCUT2D eigenvalue weighted by atomic mass is 10.0. The lowest BCUT2D eigenvalue weighted by Gasteiger charge is -2.17. The third-order valence-corrected chi connectivity index (χ3v) is 3.89. The lowest BCUT2D eigenvalue weighted by Crippen LogP contribution is -2.37. The molecule has 0 bridgehead atoms. The summed E-state index contributed by atoms with van der Waals surface area (Å²) in [6, 6.07) is 2.54. The minimum atomic E-state index is 0.374. The van der Waals surface area contributed by atoms with Crippen LogP contribution in [0.3, 0.4) is 0 Å². The third kappa shape index (κ3) is 3.56. The first-order chi connectivity index (χ1) is 7.88. The summed E-state index contributed by atoms with van der Waals surface area (Å²) in [7, 11) is 0. The molecule has 1 saturated heterocycles. The second-order valence-electron chi connectivity index (χ2n) is 4.41. The lowest BCUT2D eigenvalue weighted by molar-refractivity contribution is 0.0996. The van der Waals surface area contributed by atoms with Gasteiger partial charge in [-0.1, -0.05) is 0 Å². The molecule has 0 radical (unpaired) electrons. The van der Waals surface area contributed by atoms with Crippen molar-refractivity contribution in [2.24, 2.45) is 5.84 Å². The Bertz CT molecular complexity index is 283. The molecule has 3 N–H and O–H groups in total. The van der Waals surface area contributed by atoms with E-state index in [0.29, 0.717) is 12.1 Å². The van der Waals surface area contributed by atoms with Crippen LogP contribution in [-0.2, 0) is 11.2 Å². The van der Waals surface area contributed by atoms with E-state index < -0.39 is 0 Å². The molecule has 1 aromatic rings. The number of nitrogens with two attached hydrogens (primary N) is 1. The molecule has 2 unspecified atom stereocenters. The maximum atomic E-state index is 5.62. The van der Waals surface area contributed by atoms with Crippen molar-refractivity contribution in [3.05, 3.63) is 22.4 Å². The Balaban J connectivity index is 1.72. The highest BCUT2D eigenvalue weighted by molar-refractivity contribution is 7.07. The molecule has 0 aromatic carbocycles. The average Bonchev–Trinajstić information content (AvgIpc) is 2.97. The van der Waals surface area contributed by atoms with Crippen LogP contribution in [0.25, 0.3) is 0 Å². The highest BCUT2D eigenvalue weighted by Crippen LogP contribution is 2.19. The molecule has 0 saturated carbocycles. The first-order valence-corrected chi connectivity index (χ1v) is 6.91. The van der Waals surface area contributed by atoms with Crippen LogP contribution in [0.2, 0.25) is 0 Å². The quantitative estimate of drug-likeness (QED) is 0.591. The van der Waals surface area contributed by atoms with Crippen LogP contribution in [0, 0.1) is 0 Å². The molecule has 0 spiro atoms. The van der Waals surface area contributed by atoms with Crippen LogP contribution in [0.5, 0.6) is 0 Å². The van der Waals surface area contributed by atoms with Crippen molar-refractivity contribution in [3.63, 3.8) is 0 Å². The van der Waals surface area contributed by atoms with Crippen molar-refractivity contribution in [2.45, 2.75) is 44.2 Å². The van der Waals surface area contributed by atoms with Gasteiger partial charge >= 0.3 is 0 Å². The van der Waals surface area contributed by atoms with E-state index >= 15 is 0 Å². The molecule has 2 atom stereocenters. The van der Waals surface area contributed by atoms with Crippen LogP contribution >= 0.6 is 11.3 Å². The minimum Gasteiger partial charge on any atom is -0.378 e. The number of hydrazine groups is 1. The molecule has 1 fully saturated rings. The van der Waals surface area contributed by atoms with E-state index in [9.17, 15) is 0 Å². The Morgan fingerprint density at radius 3 is 3.19 bits per heavy atom. The Morgan fingerprint density at radius 2 is 2.56 bits per heavy atom. The third-order valence-electron chi connectivity index (χ3n) is 3.16. The maximum Gasteiger partial charge on any atom is 0.0576 e. The van der Waals surface area contributed by atoms with Gasteiger partial charge in [0.25, 0.3) is 0 Å². The van der Waals surface area contributed by atoms with Gasteiger partial charge in [0.1, 0.15) is 0 Å². The second-order valence-corrected chi connectivity index (χ2v) is 5.19. The summed E-state index contributed by atoms with van der Waals surface area (Å²) in [4.78, 5) is 0. The summed E-state index contributed by atoms with van der Waals surface area (Å²) in [6.07, 6.45) is 6.15. The Kier molecular flexibility index (Phi) is 4.78. The van der Waals surface area contributed by atoms with Crippen LogP contribution in [0.15, 0.2) is 16.8 Å². The van der Waals surface area contributed by atoms with E-state index in [-0.39, 0.29) is 0 Å². The van der Waals surface area contributed by atoms with Gasteiger partial charge in [-0.25, -0.2) is 0 Å². The van der Waals surface area contributed by atoms with Crippen LogP contribution in [-0.4, -0.2) is 18.8 Å². The molecule has 90 valence electrons. The van der Waals surface area contributed by atoms with Crippen LogP contribution in [0.1, 0.15) is 31.2 Å². The van der Waals surface area contributed by atoms with Gasteiger partial charge < -0.3 is 4.74 Å². The van der Waals surface area contributed by atoms with Gasteiger partial charge in [-0.05, 0) is 54.5 Å². The van der Waals surface area contributed by atoms with Crippen molar-refractivity contribution in [1.29, 1.82) is 0 Å². The van der Waals surface area contributed by atoms with Crippen molar-refractivity contribution < 1.29 is 4.74 Å². The summed E-state index contributed by atoms with van der Waals surface area (Å²) < 4.78 is 5.62. The molecule has 1 aliphatic heterocycles. The zero-order valence-electron chi connectivity index (χ0n) is 9.52. The topological polar surface area (TPSA) is 47.3 Å². The fraction of sp³-hybridized carbons (Fsp3) is 0.667. The van der Waals surface area contributed by atoms with Gasteiger partial charge in [-0.3, -0.25) is 11.3 Å². The van der Waals surface area contributed by atoms with Crippen LogP contribution < -0.4 is 11.3 Å². The summed E-state index contributed by atoms with van der Waals surface area (Å²) >= 11 is 1.74. The smallest absolute Gasteiger partial charge is 0.0576 e. The molecule has 4 heteroatoms. The largest absolute Gasteiger partial charge is 0.378 e. The summed E-state index contributed by atoms with van der Waals surface area (Å²) in [5.41, 5.74) is 4.29. The number of hydrogen-bond donors (Lipinski definition) is 2. The van der Waals surface area contributed by atoms with E-state index in [1.165, 1.54) is 18.4 Å². The second kappa shape index (κ2) is 6.35. The molecule has 2 heterocycles. The number of nitrogens with one attached hydrogen (secondary N) is 1. The zero-order valence-corrected chi connectivity index (χ0v) is 10.3. The van der Waals surface area contributed by atoms with Crippen molar-refractivity contribution in [3.8, 4) is 0 Å². The number of ether oxygens (including phenoxy) is 1. The summed E-state index contributed by atoms with van der Waals surface area (Å²) in [6.45, 7) is 0.940. The molecular weight excluding hydrogens is 220 g/mol. The Morgan fingerprint density at radius 1 is 1.62 bits per heavy atom. The maximum absolute atomic E-state index is 5.62. The van der Waals surface area contributed by atoms with Gasteiger partial charge in [0.2, 0.25) is 0 Å². The first kappa shape index (κ1) is 12.0. The Labute approximate surface area is 101 Å².